The number of furan rings is 1. The van der Waals surface area contributed by atoms with Gasteiger partial charge in [0.15, 0.2) is 17.2 Å². The molecule has 0 saturated carbocycles. The van der Waals surface area contributed by atoms with Crippen LogP contribution in [0.1, 0.15) is 0 Å². The highest BCUT2D eigenvalue weighted by Gasteiger charge is 2.14. The molecule has 0 aliphatic rings. The van der Waals surface area contributed by atoms with Gasteiger partial charge in [-0.1, -0.05) is 0 Å². The molecule has 0 fully saturated rings. The van der Waals surface area contributed by atoms with Gasteiger partial charge in [-0.2, -0.15) is 4.39 Å². The summed E-state index contributed by atoms with van der Waals surface area (Å²) in [6, 6.07) is 4.40. The van der Waals surface area contributed by atoms with E-state index in [1.54, 1.807) is 0 Å². The van der Waals surface area contributed by atoms with Crippen LogP contribution in [-0.4, -0.2) is 4.98 Å². The number of nitrogen functional groups attached to an aromatic ring is 1. The SMILES string of the molecule is Nc1oc2cnc(F)cc2c1Nc1ccc(F)c(F)c1. The number of hydrogen-bond acceptors (Lipinski definition) is 4. The van der Waals surface area contributed by atoms with Crippen LogP contribution in [0.4, 0.5) is 30.4 Å². The molecule has 3 N–H and O–H groups in total. The lowest BCUT2D eigenvalue weighted by molar-refractivity contribution is 0.509. The molecule has 3 aromatic rings. The summed E-state index contributed by atoms with van der Waals surface area (Å²) in [6.45, 7) is 0. The molecule has 2 aromatic heterocycles. The maximum Gasteiger partial charge on any atom is 0.215 e. The van der Waals surface area contributed by atoms with Gasteiger partial charge in [-0.15, -0.1) is 0 Å². The van der Waals surface area contributed by atoms with Crippen LogP contribution in [0.3, 0.4) is 0 Å². The van der Waals surface area contributed by atoms with Gasteiger partial charge in [-0.05, 0) is 12.1 Å². The van der Waals surface area contributed by atoms with Gasteiger partial charge in [0.1, 0.15) is 5.69 Å². The van der Waals surface area contributed by atoms with Gasteiger partial charge >= 0.3 is 0 Å². The summed E-state index contributed by atoms with van der Waals surface area (Å²) in [7, 11) is 0. The average molecular weight is 279 g/mol. The molecule has 7 heteroatoms. The van der Waals surface area contributed by atoms with Crippen LogP contribution < -0.4 is 11.1 Å². The van der Waals surface area contributed by atoms with Gasteiger partial charge in [0.25, 0.3) is 0 Å². The molecule has 1 aromatic carbocycles. The van der Waals surface area contributed by atoms with Crippen molar-refractivity contribution >= 4 is 28.2 Å². The summed E-state index contributed by atoms with van der Waals surface area (Å²) < 4.78 is 44.4. The lowest BCUT2D eigenvalue weighted by atomic mass is 10.2. The first-order valence-corrected chi connectivity index (χ1v) is 5.60. The van der Waals surface area contributed by atoms with Crippen LogP contribution >= 0.6 is 0 Å². The van der Waals surface area contributed by atoms with Gasteiger partial charge in [0, 0.05) is 17.8 Å². The van der Waals surface area contributed by atoms with E-state index in [2.05, 4.69) is 10.3 Å². The van der Waals surface area contributed by atoms with Crippen LogP contribution in [0.2, 0.25) is 0 Å². The van der Waals surface area contributed by atoms with Crippen molar-refractivity contribution in [3.05, 3.63) is 48.0 Å². The third kappa shape index (κ3) is 2.03. The molecule has 3 rings (SSSR count). The predicted molar refractivity (Wildman–Crippen MR) is 68.0 cm³/mol. The van der Waals surface area contributed by atoms with E-state index in [4.69, 9.17) is 10.2 Å². The van der Waals surface area contributed by atoms with E-state index in [9.17, 15) is 13.2 Å². The van der Waals surface area contributed by atoms with Gasteiger partial charge in [0.05, 0.1) is 11.6 Å². The van der Waals surface area contributed by atoms with Gasteiger partial charge in [-0.3, -0.25) is 0 Å². The van der Waals surface area contributed by atoms with Crippen LogP contribution in [-0.2, 0) is 0 Å². The molecule has 0 bridgehead atoms. The smallest absolute Gasteiger partial charge is 0.215 e. The lowest BCUT2D eigenvalue weighted by Crippen LogP contribution is -1.95. The molecule has 4 nitrogen and oxygen atoms in total. The number of hydrogen-bond donors (Lipinski definition) is 2. The Morgan fingerprint density at radius 2 is 1.90 bits per heavy atom. The van der Waals surface area contributed by atoms with E-state index >= 15 is 0 Å². The number of nitrogens with two attached hydrogens (primary N) is 1. The zero-order chi connectivity index (χ0) is 14.3. The Kier molecular flexibility index (Phi) is 2.74. The summed E-state index contributed by atoms with van der Waals surface area (Å²) in [5.41, 5.74) is 6.49. The fourth-order valence-electron chi connectivity index (χ4n) is 1.84. The fraction of sp³-hybridized carbons (Fsp3) is 0. The largest absolute Gasteiger partial charge is 0.437 e. The van der Waals surface area contributed by atoms with Crippen molar-refractivity contribution < 1.29 is 17.6 Å². The number of nitrogens with one attached hydrogen (secondary N) is 1. The number of aromatic nitrogens is 1. The average Bonchev–Trinajstić information content (AvgIpc) is 2.70. The number of rotatable bonds is 2. The number of nitrogens with zero attached hydrogens (tertiary/aromatic N) is 1. The maximum absolute atomic E-state index is 13.2. The van der Waals surface area contributed by atoms with Crippen LogP contribution in [0.5, 0.6) is 0 Å². The molecule has 0 radical (unpaired) electrons. The number of halogens is 3. The molecule has 0 atom stereocenters. The number of benzene rings is 1. The van der Waals surface area contributed by atoms with Crippen LogP contribution in [0, 0.1) is 17.6 Å². The van der Waals surface area contributed by atoms with E-state index in [1.807, 2.05) is 0 Å². The zero-order valence-electron chi connectivity index (χ0n) is 9.95. The number of anilines is 3. The second-order valence-corrected chi connectivity index (χ2v) is 4.10. The Bertz CT molecular complexity index is 801. The minimum atomic E-state index is -1.01. The van der Waals surface area contributed by atoms with Crippen LogP contribution in [0.15, 0.2) is 34.9 Å². The van der Waals surface area contributed by atoms with Crippen molar-refractivity contribution in [3.8, 4) is 0 Å². The predicted octanol–water partition coefficient (Wildman–Crippen LogP) is 3.57. The Hall–Kier alpha value is -2.70. The molecule has 102 valence electrons. The Morgan fingerprint density at radius 1 is 1.10 bits per heavy atom. The highest BCUT2D eigenvalue weighted by molar-refractivity contribution is 5.97. The Morgan fingerprint density at radius 3 is 2.65 bits per heavy atom. The molecular weight excluding hydrogens is 271 g/mol. The first-order chi connectivity index (χ1) is 9.54. The Balaban J connectivity index is 2.07. The van der Waals surface area contributed by atoms with E-state index in [0.29, 0.717) is 5.39 Å². The summed E-state index contributed by atoms with van der Waals surface area (Å²) >= 11 is 0. The second kappa shape index (κ2) is 4.44. The van der Waals surface area contributed by atoms with Gasteiger partial charge in [0.2, 0.25) is 11.8 Å². The van der Waals surface area contributed by atoms with E-state index in [-0.39, 0.29) is 22.8 Å². The van der Waals surface area contributed by atoms with E-state index < -0.39 is 17.6 Å². The minimum Gasteiger partial charge on any atom is -0.437 e. The van der Waals surface area contributed by atoms with Crippen molar-refractivity contribution in [2.24, 2.45) is 0 Å². The highest BCUT2D eigenvalue weighted by Crippen LogP contribution is 2.35. The van der Waals surface area contributed by atoms with Crippen LogP contribution in [0.25, 0.3) is 11.0 Å². The maximum atomic E-state index is 13.2. The number of pyridine rings is 1. The topological polar surface area (TPSA) is 64.1 Å². The van der Waals surface area contributed by atoms with Gasteiger partial charge < -0.3 is 15.5 Å². The second-order valence-electron chi connectivity index (χ2n) is 4.10. The standard InChI is InChI=1S/C13H8F3N3O/c14-8-2-1-6(3-9(8)15)19-12-7-4-11(16)18-5-10(7)20-13(12)17/h1-5,19H,17H2. The summed E-state index contributed by atoms with van der Waals surface area (Å²) in [6.07, 6.45) is 1.19. The quantitative estimate of drug-likeness (QED) is 0.704. The summed E-state index contributed by atoms with van der Waals surface area (Å²) in [5.74, 6) is -2.67. The first-order valence-electron chi connectivity index (χ1n) is 5.60. The van der Waals surface area contributed by atoms with E-state index in [0.717, 1.165) is 18.2 Å². The monoisotopic (exact) mass is 279 g/mol. The van der Waals surface area contributed by atoms with E-state index in [1.165, 1.54) is 12.3 Å². The molecule has 20 heavy (non-hydrogen) atoms. The third-order valence-corrected chi connectivity index (χ3v) is 2.76. The van der Waals surface area contributed by atoms with Crippen molar-refractivity contribution in [2.45, 2.75) is 0 Å². The summed E-state index contributed by atoms with van der Waals surface area (Å²) in [4.78, 5) is 3.44. The first kappa shape index (κ1) is 12.3. The normalized spacial score (nSPS) is 10.9. The molecule has 0 amide bonds. The Labute approximate surface area is 111 Å². The van der Waals surface area contributed by atoms with Crippen molar-refractivity contribution in [1.82, 2.24) is 4.98 Å². The number of fused-ring (bicyclic) bond motifs is 1. The molecular formula is C13H8F3N3O. The molecule has 0 spiro atoms. The van der Waals surface area contributed by atoms with Crippen molar-refractivity contribution in [3.63, 3.8) is 0 Å². The van der Waals surface area contributed by atoms with Crippen molar-refractivity contribution in [1.29, 1.82) is 0 Å². The minimum absolute atomic E-state index is 0.00265. The fourth-order valence-corrected chi connectivity index (χ4v) is 1.84. The zero-order valence-corrected chi connectivity index (χ0v) is 9.95. The third-order valence-electron chi connectivity index (χ3n) is 2.76. The molecule has 0 unspecified atom stereocenters. The highest BCUT2D eigenvalue weighted by atomic mass is 19.2. The summed E-state index contributed by atoms with van der Waals surface area (Å²) in [5, 5.41) is 3.13. The lowest BCUT2D eigenvalue weighted by Gasteiger charge is -2.05. The molecule has 0 saturated heterocycles. The van der Waals surface area contributed by atoms with Crippen molar-refractivity contribution in [2.75, 3.05) is 11.1 Å². The molecule has 0 aliphatic heterocycles. The van der Waals surface area contributed by atoms with Gasteiger partial charge in [-0.25, -0.2) is 13.8 Å². The molecule has 2 heterocycles. The molecule has 0 aliphatic carbocycles.